The third-order valence-electron chi connectivity index (χ3n) is 0.940. The van der Waals surface area contributed by atoms with Crippen LogP contribution in [0.5, 0.6) is 0 Å². The molecule has 0 saturated carbocycles. The van der Waals surface area contributed by atoms with Crippen LogP contribution < -0.4 is 0 Å². The van der Waals surface area contributed by atoms with Crippen molar-refractivity contribution in [3.05, 3.63) is 35.9 Å². The van der Waals surface area contributed by atoms with Crippen molar-refractivity contribution in [2.45, 2.75) is 6.92 Å². The van der Waals surface area contributed by atoms with E-state index in [0.717, 1.165) is 12.2 Å². The van der Waals surface area contributed by atoms with Gasteiger partial charge in [0.15, 0.2) is 0 Å². The largest absolute Gasteiger partial charge is 0.412 e. The Kier molecular flexibility index (Phi) is 21.9. The van der Waals surface area contributed by atoms with Crippen molar-refractivity contribution in [2.75, 3.05) is 0 Å². The van der Waals surface area contributed by atoms with Crippen LogP contribution in [0.3, 0.4) is 0 Å². The molecule has 5 nitrogen and oxygen atoms in total. The number of aryl methyl sites for hydroxylation is 1. The fraction of sp³-hybridized carbons (Fsp3) is 0.111. The number of hydrogen-bond donors (Lipinski definition) is 2. The highest BCUT2D eigenvalue weighted by Crippen LogP contribution is 1.92. The summed E-state index contributed by atoms with van der Waals surface area (Å²) in [6.07, 6.45) is 1.50. The van der Waals surface area contributed by atoms with Gasteiger partial charge in [0.1, 0.15) is 0 Å². The quantitative estimate of drug-likeness (QED) is 0.475. The Bertz CT molecular complexity index is 261. The molecule has 0 aliphatic heterocycles. The maximum Gasteiger partial charge on any atom is 0.231 e. The summed E-state index contributed by atoms with van der Waals surface area (Å²) < 4.78 is 0. The summed E-state index contributed by atoms with van der Waals surface area (Å²) in [6, 6.07) is 10.3. The van der Waals surface area contributed by atoms with E-state index in [-0.39, 0.29) is 5.48 Å². The van der Waals surface area contributed by atoms with Crippen LogP contribution in [-0.2, 0) is 9.59 Å². The van der Waals surface area contributed by atoms with Crippen molar-refractivity contribution in [3.8, 4) is 0 Å². The Morgan fingerprint density at radius 2 is 1.29 bits per heavy atom. The zero-order valence-electron chi connectivity index (χ0n) is 7.70. The molecule has 0 atom stereocenters. The van der Waals surface area contributed by atoms with E-state index in [9.17, 15) is 0 Å². The fourth-order valence-corrected chi connectivity index (χ4v) is 0.534. The van der Waals surface area contributed by atoms with E-state index < -0.39 is 0 Å². The molecule has 0 heterocycles. The van der Waals surface area contributed by atoms with Crippen LogP contribution in [0.4, 0.5) is 0 Å². The van der Waals surface area contributed by atoms with E-state index in [1.165, 1.54) is 5.56 Å². The van der Waals surface area contributed by atoms with Gasteiger partial charge in [-0.3, -0.25) is 0 Å². The van der Waals surface area contributed by atoms with Gasteiger partial charge in [0.25, 0.3) is 0 Å². The molecule has 0 spiro atoms. The molecule has 14 heavy (non-hydrogen) atoms. The molecule has 1 rings (SSSR count). The van der Waals surface area contributed by atoms with Crippen LogP contribution in [-0.4, -0.2) is 17.6 Å². The highest BCUT2D eigenvalue weighted by atomic mass is 16.1. The van der Waals surface area contributed by atoms with Crippen LogP contribution in [0.15, 0.2) is 30.3 Å². The number of hydrogen-bond acceptors (Lipinski definition) is 4. The van der Waals surface area contributed by atoms with E-state index in [4.69, 9.17) is 20.4 Å². The van der Waals surface area contributed by atoms with Crippen LogP contribution in [0, 0.1) is 17.7 Å². The van der Waals surface area contributed by atoms with Gasteiger partial charge in [-0.25, -0.2) is 20.4 Å². The van der Waals surface area contributed by atoms with Crippen LogP contribution in [0.2, 0.25) is 0 Å². The lowest BCUT2D eigenvalue weighted by Gasteiger charge is -1.82. The molecule has 1 aromatic carbocycles. The number of isocyanates is 2. The molecule has 0 unspecified atom stereocenters. The lowest BCUT2D eigenvalue weighted by molar-refractivity contribution is 0.562. The minimum absolute atomic E-state index is 0. The summed E-state index contributed by atoms with van der Waals surface area (Å²) in [7, 11) is 0. The van der Waals surface area contributed by atoms with E-state index in [1.807, 2.05) is 18.2 Å². The van der Waals surface area contributed by atoms with Crippen molar-refractivity contribution in [3.63, 3.8) is 0 Å². The minimum Gasteiger partial charge on any atom is -0.412 e. The number of benzene rings is 1. The molecule has 0 aliphatic carbocycles. The van der Waals surface area contributed by atoms with Gasteiger partial charge in [0, 0.05) is 0 Å². The highest BCUT2D eigenvalue weighted by Gasteiger charge is 1.72. The van der Waals surface area contributed by atoms with Crippen molar-refractivity contribution < 1.29 is 15.1 Å². The van der Waals surface area contributed by atoms with Gasteiger partial charge in [-0.05, 0) is 6.92 Å². The first kappa shape index (κ1) is 17.9. The first-order valence-corrected chi connectivity index (χ1v) is 3.32. The standard InChI is InChI=1S/C7H8.2CHNO.H2O/c1-7-5-3-2-4-6-7;2*2-1-3;/h2-6H,1H3;2*2H;1H2. The van der Waals surface area contributed by atoms with Gasteiger partial charge in [0.05, 0.1) is 0 Å². The summed E-state index contributed by atoms with van der Waals surface area (Å²) in [6.45, 7) is 2.08. The van der Waals surface area contributed by atoms with Crippen molar-refractivity contribution in [1.82, 2.24) is 0 Å². The minimum atomic E-state index is 0. The molecule has 0 bridgehead atoms. The third kappa shape index (κ3) is 22.5. The molecular weight excluding hydrogens is 184 g/mol. The van der Waals surface area contributed by atoms with E-state index >= 15 is 0 Å². The second-order valence-electron chi connectivity index (χ2n) is 1.86. The molecule has 4 N–H and O–H groups in total. The normalized spacial score (nSPS) is 5.50. The summed E-state index contributed by atoms with van der Waals surface area (Å²) in [5, 5.41) is 10.8. The smallest absolute Gasteiger partial charge is 0.231 e. The van der Waals surface area contributed by atoms with Crippen LogP contribution in [0.1, 0.15) is 5.56 Å². The molecule has 1 aromatic rings. The van der Waals surface area contributed by atoms with Gasteiger partial charge in [-0.2, -0.15) is 0 Å². The molecule has 0 saturated heterocycles. The highest BCUT2D eigenvalue weighted by molar-refractivity contribution is 5.26. The summed E-state index contributed by atoms with van der Waals surface area (Å²) >= 11 is 0. The number of nitrogens with one attached hydrogen (secondary N) is 2. The molecular formula is C9H12N2O3. The molecule has 76 valence electrons. The molecule has 0 fully saturated rings. The van der Waals surface area contributed by atoms with E-state index in [2.05, 4.69) is 19.1 Å². The zero-order valence-corrected chi connectivity index (χ0v) is 7.70. The first-order chi connectivity index (χ1) is 6.22. The van der Waals surface area contributed by atoms with Gasteiger partial charge in [0.2, 0.25) is 12.2 Å². The average Bonchev–Trinajstić information content (AvgIpc) is 2.08. The fourth-order valence-electron chi connectivity index (χ4n) is 0.534. The summed E-state index contributed by atoms with van der Waals surface area (Å²) in [4.78, 5) is 16.7. The van der Waals surface area contributed by atoms with Gasteiger partial charge in [-0.1, -0.05) is 35.9 Å². The first-order valence-electron chi connectivity index (χ1n) is 3.32. The van der Waals surface area contributed by atoms with Crippen molar-refractivity contribution in [1.29, 1.82) is 10.8 Å². The van der Waals surface area contributed by atoms with Crippen LogP contribution >= 0.6 is 0 Å². The van der Waals surface area contributed by atoms with Crippen molar-refractivity contribution >= 4 is 12.2 Å². The Hall–Kier alpha value is -2.06. The predicted octanol–water partition coefficient (Wildman–Crippen LogP) is 0.972. The molecule has 0 radical (unpaired) electrons. The third-order valence-corrected chi connectivity index (χ3v) is 0.940. The second-order valence-corrected chi connectivity index (χ2v) is 1.86. The predicted molar refractivity (Wildman–Crippen MR) is 51.6 cm³/mol. The van der Waals surface area contributed by atoms with E-state index in [0.29, 0.717) is 0 Å². The summed E-state index contributed by atoms with van der Waals surface area (Å²) in [5.74, 6) is 0. The molecule has 5 heteroatoms. The topological polar surface area (TPSA) is 113 Å². The lowest BCUT2D eigenvalue weighted by Crippen LogP contribution is -1.62. The lowest BCUT2D eigenvalue weighted by atomic mass is 10.2. The Morgan fingerprint density at radius 3 is 1.43 bits per heavy atom. The second kappa shape index (κ2) is 17.1. The SMILES string of the molecule is Cc1ccccc1.N=C=O.N=C=O.O. The molecule has 0 aromatic heterocycles. The molecule has 0 aliphatic rings. The maximum atomic E-state index is 8.35. The Balaban J connectivity index is -0.000000150. The van der Waals surface area contributed by atoms with Crippen LogP contribution in [0.25, 0.3) is 0 Å². The van der Waals surface area contributed by atoms with Gasteiger partial charge < -0.3 is 5.48 Å². The zero-order chi connectivity index (χ0) is 10.5. The Morgan fingerprint density at radius 1 is 1.00 bits per heavy atom. The number of carbonyl (C=O) groups excluding carboxylic acids is 2. The molecule has 0 amide bonds. The number of rotatable bonds is 0. The van der Waals surface area contributed by atoms with Gasteiger partial charge in [-0.15, -0.1) is 0 Å². The average molecular weight is 196 g/mol. The monoisotopic (exact) mass is 196 g/mol. The van der Waals surface area contributed by atoms with Crippen molar-refractivity contribution in [2.24, 2.45) is 0 Å². The Labute approximate surface area is 81.7 Å². The summed E-state index contributed by atoms with van der Waals surface area (Å²) in [5.41, 5.74) is 1.32. The maximum absolute atomic E-state index is 8.35. The van der Waals surface area contributed by atoms with E-state index in [1.54, 1.807) is 0 Å². The van der Waals surface area contributed by atoms with Gasteiger partial charge >= 0.3 is 0 Å².